The highest BCUT2D eigenvalue weighted by Crippen LogP contribution is 2.40. The van der Waals surface area contributed by atoms with Crippen LogP contribution in [0.1, 0.15) is 90.0 Å². The van der Waals surface area contributed by atoms with Gasteiger partial charge in [-0.3, -0.25) is 4.79 Å². The molecule has 1 N–H and O–H groups in total. The topological polar surface area (TPSA) is 55.8 Å². The Kier molecular flexibility index (Phi) is 7.28. The Morgan fingerprint density at radius 1 is 1.17 bits per heavy atom. The van der Waals surface area contributed by atoms with E-state index in [0.29, 0.717) is 29.2 Å². The maximum absolute atomic E-state index is 13.0. The fourth-order valence-corrected chi connectivity index (χ4v) is 4.64. The Labute approximate surface area is 179 Å². The van der Waals surface area contributed by atoms with E-state index in [1.165, 1.54) is 11.1 Å². The smallest absolute Gasteiger partial charge is 0.313 e. The molecule has 0 radical (unpaired) electrons. The standard InChI is InChI=1S/C24H33ClO4/c1-16(2)18-10-5-6-13-21(18)28-23(26)17(3)19-11-9-12-20(25)22(19)29-24(27)14-7-4-8-15-24/h9,11-12,17,21,27H,4-8,10,13-15H2,1-3H3/t17-,21+/m1/s1. The molecule has 3 rings (SSSR count). The van der Waals surface area contributed by atoms with Crippen LogP contribution in [0.5, 0.6) is 5.75 Å². The summed E-state index contributed by atoms with van der Waals surface area (Å²) in [5.74, 6) is -1.64. The molecule has 0 saturated heterocycles. The minimum atomic E-state index is -1.22. The predicted molar refractivity (Wildman–Crippen MR) is 115 cm³/mol. The molecule has 0 amide bonds. The van der Waals surface area contributed by atoms with Crippen molar-refractivity contribution in [1.29, 1.82) is 0 Å². The molecule has 0 aromatic heterocycles. The molecule has 1 aromatic carbocycles. The first-order valence-electron chi connectivity index (χ1n) is 10.9. The number of carbonyl (C=O) groups excluding carboxylic acids is 1. The molecule has 0 unspecified atom stereocenters. The van der Waals surface area contributed by atoms with Gasteiger partial charge in [-0.1, -0.05) is 35.7 Å². The van der Waals surface area contributed by atoms with Crippen molar-refractivity contribution in [2.75, 3.05) is 0 Å². The van der Waals surface area contributed by atoms with Gasteiger partial charge in [-0.15, -0.1) is 0 Å². The number of halogens is 1. The van der Waals surface area contributed by atoms with Gasteiger partial charge < -0.3 is 14.6 Å². The molecule has 2 aliphatic carbocycles. The lowest BCUT2D eigenvalue weighted by Crippen LogP contribution is -2.38. The van der Waals surface area contributed by atoms with Crippen LogP contribution < -0.4 is 4.74 Å². The average molecular weight is 421 g/mol. The molecule has 0 spiro atoms. The first-order chi connectivity index (χ1) is 13.8. The molecule has 2 fully saturated rings. The number of hydrogen-bond donors (Lipinski definition) is 1. The van der Waals surface area contributed by atoms with Gasteiger partial charge in [-0.25, -0.2) is 0 Å². The predicted octanol–water partition coefficient (Wildman–Crippen LogP) is 6.30. The summed E-state index contributed by atoms with van der Waals surface area (Å²) in [6.07, 6.45) is 8.02. The molecule has 0 aliphatic heterocycles. The Bertz CT molecular complexity index is 760. The van der Waals surface area contributed by atoms with Crippen molar-refractivity contribution in [2.45, 2.75) is 96.4 Å². The summed E-state index contributed by atoms with van der Waals surface area (Å²) in [7, 11) is 0. The molecular formula is C24H33ClO4. The second kappa shape index (κ2) is 9.53. The molecule has 1 aromatic rings. The minimum Gasteiger partial charge on any atom is -0.461 e. The van der Waals surface area contributed by atoms with Gasteiger partial charge in [0, 0.05) is 18.4 Å². The zero-order valence-electron chi connectivity index (χ0n) is 17.8. The number of para-hydroxylation sites is 1. The summed E-state index contributed by atoms with van der Waals surface area (Å²) in [6.45, 7) is 5.98. The fraction of sp³-hybridized carbons (Fsp3) is 0.625. The van der Waals surface area contributed by atoms with Crippen LogP contribution in [-0.4, -0.2) is 23.0 Å². The average Bonchev–Trinajstić information content (AvgIpc) is 2.69. The molecule has 160 valence electrons. The maximum Gasteiger partial charge on any atom is 0.313 e. The number of ether oxygens (including phenoxy) is 2. The monoisotopic (exact) mass is 420 g/mol. The number of hydrogen-bond acceptors (Lipinski definition) is 4. The summed E-state index contributed by atoms with van der Waals surface area (Å²) in [5, 5.41) is 11.3. The third-order valence-electron chi connectivity index (χ3n) is 6.20. The molecule has 0 heterocycles. The van der Waals surface area contributed by atoms with Crippen molar-refractivity contribution < 1.29 is 19.4 Å². The van der Waals surface area contributed by atoms with Crippen LogP contribution in [0.15, 0.2) is 29.3 Å². The molecule has 5 heteroatoms. The van der Waals surface area contributed by atoms with Crippen LogP contribution in [0.3, 0.4) is 0 Å². The van der Waals surface area contributed by atoms with Gasteiger partial charge in [-0.2, -0.15) is 0 Å². The number of aliphatic hydroxyl groups is 1. The number of carbonyl (C=O) groups is 1. The van der Waals surface area contributed by atoms with Crippen LogP contribution in [0.2, 0.25) is 5.02 Å². The maximum atomic E-state index is 13.0. The highest BCUT2D eigenvalue weighted by atomic mass is 35.5. The lowest BCUT2D eigenvalue weighted by atomic mass is 9.89. The van der Waals surface area contributed by atoms with Crippen molar-refractivity contribution in [3.8, 4) is 5.75 Å². The highest BCUT2D eigenvalue weighted by Gasteiger charge is 2.35. The molecular weight excluding hydrogens is 388 g/mol. The van der Waals surface area contributed by atoms with Gasteiger partial charge in [0.2, 0.25) is 5.79 Å². The first-order valence-corrected chi connectivity index (χ1v) is 11.2. The number of esters is 1. The third-order valence-corrected chi connectivity index (χ3v) is 6.49. The molecule has 2 aliphatic rings. The molecule has 4 nitrogen and oxygen atoms in total. The van der Waals surface area contributed by atoms with Crippen LogP contribution in [-0.2, 0) is 9.53 Å². The summed E-state index contributed by atoms with van der Waals surface area (Å²) in [5.41, 5.74) is 3.15. The number of benzene rings is 1. The fourth-order valence-electron chi connectivity index (χ4n) is 4.42. The van der Waals surface area contributed by atoms with E-state index < -0.39 is 11.7 Å². The first kappa shape index (κ1) is 22.2. The van der Waals surface area contributed by atoms with E-state index in [2.05, 4.69) is 13.8 Å². The van der Waals surface area contributed by atoms with E-state index in [0.717, 1.165) is 44.9 Å². The third kappa shape index (κ3) is 5.35. The molecule has 29 heavy (non-hydrogen) atoms. The second-order valence-corrected chi connectivity index (χ2v) is 9.09. The summed E-state index contributed by atoms with van der Waals surface area (Å²) in [6, 6.07) is 5.37. The van der Waals surface area contributed by atoms with E-state index in [-0.39, 0.29) is 12.1 Å². The van der Waals surface area contributed by atoms with Crippen molar-refractivity contribution in [2.24, 2.45) is 0 Å². The van der Waals surface area contributed by atoms with E-state index in [1.54, 1.807) is 12.1 Å². The summed E-state index contributed by atoms with van der Waals surface area (Å²) >= 11 is 6.42. The number of rotatable bonds is 5. The van der Waals surface area contributed by atoms with Gasteiger partial charge in [0.05, 0.1) is 10.9 Å². The summed E-state index contributed by atoms with van der Waals surface area (Å²) < 4.78 is 12.0. The van der Waals surface area contributed by atoms with Crippen molar-refractivity contribution in [3.05, 3.63) is 39.9 Å². The SMILES string of the molecule is CC(C)=C1CCCC[C@@H]1OC(=O)[C@H](C)c1cccc(Cl)c1OC1(O)CCCCC1. The van der Waals surface area contributed by atoms with Gasteiger partial charge in [0.1, 0.15) is 11.9 Å². The zero-order valence-corrected chi connectivity index (χ0v) is 18.6. The Morgan fingerprint density at radius 2 is 1.90 bits per heavy atom. The van der Waals surface area contributed by atoms with Gasteiger partial charge in [-0.05, 0) is 70.9 Å². The van der Waals surface area contributed by atoms with Crippen molar-refractivity contribution in [3.63, 3.8) is 0 Å². The number of allylic oxidation sites excluding steroid dienone is 1. The van der Waals surface area contributed by atoms with Gasteiger partial charge in [0.15, 0.2) is 0 Å². The Morgan fingerprint density at radius 3 is 2.59 bits per heavy atom. The zero-order chi connectivity index (χ0) is 21.0. The second-order valence-electron chi connectivity index (χ2n) is 8.69. The van der Waals surface area contributed by atoms with Crippen LogP contribution in [0, 0.1) is 0 Å². The van der Waals surface area contributed by atoms with E-state index in [9.17, 15) is 9.90 Å². The Hall–Kier alpha value is -1.52. The molecule has 2 saturated carbocycles. The van der Waals surface area contributed by atoms with Gasteiger partial charge >= 0.3 is 5.97 Å². The van der Waals surface area contributed by atoms with E-state index in [4.69, 9.17) is 21.1 Å². The van der Waals surface area contributed by atoms with Crippen molar-refractivity contribution in [1.82, 2.24) is 0 Å². The summed E-state index contributed by atoms with van der Waals surface area (Å²) in [4.78, 5) is 13.0. The van der Waals surface area contributed by atoms with Crippen LogP contribution >= 0.6 is 11.6 Å². The quantitative estimate of drug-likeness (QED) is 0.345. The lowest BCUT2D eigenvalue weighted by Gasteiger charge is -2.34. The lowest BCUT2D eigenvalue weighted by molar-refractivity contribution is -0.160. The highest BCUT2D eigenvalue weighted by molar-refractivity contribution is 6.32. The van der Waals surface area contributed by atoms with E-state index in [1.807, 2.05) is 13.0 Å². The minimum absolute atomic E-state index is 0.144. The molecule has 0 bridgehead atoms. The largest absolute Gasteiger partial charge is 0.461 e. The molecule has 2 atom stereocenters. The van der Waals surface area contributed by atoms with E-state index >= 15 is 0 Å². The van der Waals surface area contributed by atoms with Crippen LogP contribution in [0.4, 0.5) is 0 Å². The Balaban J connectivity index is 1.79. The van der Waals surface area contributed by atoms with Crippen LogP contribution in [0.25, 0.3) is 0 Å². The normalized spacial score (nSPS) is 22.7. The van der Waals surface area contributed by atoms with Crippen molar-refractivity contribution >= 4 is 17.6 Å². The van der Waals surface area contributed by atoms with Gasteiger partial charge in [0.25, 0.3) is 0 Å².